The van der Waals surface area contributed by atoms with Gasteiger partial charge in [0.15, 0.2) is 11.2 Å². The SMILES string of the molecule is C=C[C@]1(COP(=O)(O)OP(=O)(O)OP(=O)(O)O)C[C@@H](n2cnc3c(=O)[nH]c(N)nc32)C1. The van der Waals surface area contributed by atoms with Crippen LogP contribution in [-0.4, -0.2) is 45.7 Å². The highest BCUT2D eigenvalue weighted by atomic mass is 31.3. The quantitative estimate of drug-likeness (QED) is 0.203. The molecule has 19 heteroatoms. The van der Waals surface area contributed by atoms with Crippen LogP contribution in [0.3, 0.4) is 0 Å². The zero-order valence-electron chi connectivity index (χ0n) is 15.5. The van der Waals surface area contributed by atoms with Gasteiger partial charge in [-0.3, -0.25) is 14.3 Å². The number of aromatic amines is 1. The van der Waals surface area contributed by atoms with Crippen molar-refractivity contribution in [3.05, 3.63) is 29.3 Å². The summed E-state index contributed by atoms with van der Waals surface area (Å²) >= 11 is 0. The molecule has 16 nitrogen and oxygen atoms in total. The third kappa shape index (κ3) is 5.57. The molecule has 0 amide bonds. The number of imidazole rings is 1. The van der Waals surface area contributed by atoms with Crippen molar-refractivity contribution >= 4 is 40.6 Å². The summed E-state index contributed by atoms with van der Waals surface area (Å²) in [5.74, 6) is -0.0961. The molecule has 31 heavy (non-hydrogen) atoms. The van der Waals surface area contributed by atoms with Crippen LogP contribution in [0.4, 0.5) is 5.95 Å². The molecule has 7 N–H and O–H groups in total. The lowest BCUT2D eigenvalue weighted by Crippen LogP contribution is -2.40. The smallest absolute Gasteiger partial charge is 0.369 e. The lowest BCUT2D eigenvalue weighted by Gasteiger charge is -2.46. The molecule has 2 aromatic heterocycles. The first-order valence-electron chi connectivity index (χ1n) is 8.29. The monoisotopic (exact) mass is 501 g/mol. The topological polar surface area (TPSA) is 249 Å². The Balaban J connectivity index is 1.67. The van der Waals surface area contributed by atoms with Crippen molar-refractivity contribution in [3.63, 3.8) is 0 Å². The fraction of sp³-hybridized carbons (Fsp3) is 0.417. The Morgan fingerprint density at radius 2 is 1.90 bits per heavy atom. The molecule has 0 aromatic carbocycles. The molecular weight excluding hydrogens is 483 g/mol. The average molecular weight is 501 g/mol. The highest BCUT2D eigenvalue weighted by molar-refractivity contribution is 7.66. The van der Waals surface area contributed by atoms with E-state index >= 15 is 0 Å². The first-order chi connectivity index (χ1) is 14.1. The minimum Gasteiger partial charge on any atom is -0.369 e. The van der Waals surface area contributed by atoms with Gasteiger partial charge in [-0.2, -0.15) is 13.6 Å². The molecule has 3 rings (SSSR count). The molecule has 0 aliphatic heterocycles. The van der Waals surface area contributed by atoms with Crippen LogP contribution in [0.1, 0.15) is 18.9 Å². The number of nitrogens with two attached hydrogens (primary N) is 1. The number of rotatable bonds is 9. The average Bonchev–Trinajstić information content (AvgIpc) is 2.94. The standard InChI is InChI=1S/C12H18N5O11P3/c1-2-12(5-26-30(22,23)28-31(24,25)27-29(19,20)21)3-7(4-12)17-6-14-8-9(17)15-11(13)16-10(8)18/h2,6-7H,1,3-5H2,(H,22,23)(H,24,25)(H2,19,20,21)(H3,13,15,16,18)/t7-,12+. The van der Waals surface area contributed by atoms with Crippen molar-refractivity contribution in [1.82, 2.24) is 19.5 Å². The van der Waals surface area contributed by atoms with Crippen molar-refractivity contribution in [3.8, 4) is 0 Å². The van der Waals surface area contributed by atoms with E-state index in [1.165, 1.54) is 12.4 Å². The van der Waals surface area contributed by atoms with E-state index in [2.05, 4.69) is 30.2 Å². The number of phosphoric ester groups is 1. The van der Waals surface area contributed by atoms with E-state index in [-0.39, 0.29) is 23.2 Å². The molecular formula is C12H18N5O11P3. The Morgan fingerprint density at radius 1 is 1.26 bits per heavy atom. The van der Waals surface area contributed by atoms with Crippen molar-refractivity contribution in [1.29, 1.82) is 0 Å². The third-order valence-corrected chi connectivity index (χ3v) is 8.28. The molecule has 2 heterocycles. The second-order valence-corrected chi connectivity index (χ2v) is 11.2. The molecule has 1 saturated carbocycles. The normalized spacial score (nSPS) is 25.5. The first-order valence-corrected chi connectivity index (χ1v) is 12.8. The zero-order valence-corrected chi connectivity index (χ0v) is 18.2. The lowest BCUT2D eigenvalue weighted by atomic mass is 9.66. The molecule has 2 aromatic rings. The van der Waals surface area contributed by atoms with E-state index in [1.807, 2.05) is 0 Å². The number of phosphoric acid groups is 3. The van der Waals surface area contributed by atoms with Gasteiger partial charge in [0.25, 0.3) is 5.56 Å². The molecule has 1 aliphatic rings. The molecule has 1 aliphatic carbocycles. The summed E-state index contributed by atoms with van der Waals surface area (Å²) in [6.07, 6.45) is 3.44. The van der Waals surface area contributed by atoms with Gasteiger partial charge in [0.05, 0.1) is 12.9 Å². The van der Waals surface area contributed by atoms with Crippen molar-refractivity contribution < 1.29 is 46.4 Å². The summed E-state index contributed by atoms with van der Waals surface area (Å²) in [5, 5.41) is 0. The van der Waals surface area contributed by atoms with Crippen LogP contribution >= 0.6 is 23.5 Å². The number of H-pyrrole nitrogens is 1. The largest absolute Gasteiger partial charge is 0.490 e. The Morgan fingerprint density at radius 3 is 2.48 bits per heavy atom. The maximum absolute atomic E-state index is 11.9. The Hall–Kier alpha value is -1.70. The van der Waals surface area contributed by atoms with E-state index < -0.39 is 41.0 Å². The molecule has 172 valence electrons. The highest BCUT2D eigenvalue weighted by Crippen LogP contribution is 2.67. The van der Waals surface area contributed by atoms with Crippen LogP contribution in [0.5, 0.6) is 0 Å². The number of nitrogen functional groups attached to an aromatic ring is 1. The van der Waals surface area contributed by atoms with Crippen LogP contribution in [-0.2, 0) is 26.8 Å². The summed E-state index contributed by atoms with van der Waals surface area (Å²) in [4.78, 5) is 58.1. The van der Waals surface area contributed by atoms with Gasteiger partial charge in [-0.1, -0.05) is 6.08 Å². The number of nitrogens with zero attached hydrogens (tertiary/aromatic N) is 3. The molecule has 0 radical (unpaired) electrons. The highest BCUT2D eigenvalue weighted by Gasteiger charge is 2.47. The Bertz CT molecular complexity index is 1210. The fourth-order valence-electron chi connectivity index (χ4n) is 3.14. The molecule has 0 saturated heterocycles. The van der Waals surface area contributed by atoms with Crippen molar-refractivity contribution in [2.24, 2.45) is 5.41 Å². The minimum absolute atomic E-state index is 0.0820. The van der Waals surface area contributed by atoms with E-state index in [4.69, 9.17) is 20.0 Å². The number of anilines is 1. The second kappa shape index (κ2) is 8.01. The van der Waals surface area contributed by atoms with Crippen LogP contribution in [0, 0.1) is 5.41 Å². The van der Waals surface area contributed by atoms with Crippen molar-refractivity contribution in [2.45, 2.75) is 18.9 Å². The van der Waals surface area contributed by atoms with Crippen LogP contribution < -0.4 is 11.3 Å². The predicted octanol–water partition coefficient (Wildman–Crippen LogP) is 0.552. The summed E-state index contributed by atoms with van der Waals surface area (Å²) in [5.41, 5.74) is 4.51. The molecule has 0 bridgehead atoms. The summed E-state index contributed by atoms with van der Waals surface area (Å²) in [7, 11) is -16.3. The lowest BCUT2D eigenvalue weighted by molar-refractivity contribution is 0.0413. The van der Waals surface area contributed by atoms with Gasteiger partial charge in [-0.05, 0) is 12.8 Å². The maximum Gasteiger partial charge on any atom is 0.490 e. The third-order valence-electron chi connectivity index (χ3n) is 4.49. The maximum atomic E-state index is 11.9. The van der Waals surface area contributed by atoms with E-state index in [0.717, 1.165) is 0 Å². The fourth-order valence-corrected chi connectivity index (χ4v) is 6.26. The van der Waals surface area contributed by atoms with Gasteiger partial charge in [0.1, 0.15) is 0 Å². The van der Waals surface area contributed by atoms with E-state index in [1.54, 1.807) is 4.57 Å². The van der Waals surface area contributed by atoms with Gasteiger partial charge >= 0.3 is 23.5 Å². The van der Waals surface area contributed by atoms with E-state index in [0.29, 0.717) is 12.8 Å². The number of fused-ring (bicyclic) bond motifs is 1. The summed E-state index contributed by atoms with van der Waals surface area (Å²) in [6.45, 7) is 3.16. The molecule has 0 spiro atoms. The number of nitrogens with one attached hydrogen (secondary N) is 1. The Labute approximate surface area is 173 Å². The van der Waals surface area contributed by atoms with E-state index in [9.17, 15) is 28.3 Å². The van der Waals surface area contributed by atoms with Crippen LogP contribution in [0.2, 0.25) is 0 Å². The predicted molar refractivity (Wildman–Crippen MR) is 103 cm³/mol. The minimum atomic E-state index is -5.60. The van der Waals surface area contributed by atoms with Gasteiger partial charge in [-0.25, -0.2) is 18.7 Å². The second-order valence-electron chi connectivity index (χ2n) is 6.77. The number of hydrogen-bond acceptors (Lipinski definition) is 10. The van der Waals surface area contributed by atoms with Crippen LogP contribution in [0.15, 0.2) is 23.8 Å². The van der Waals surface area contributed by atoms with Gasteiger partial charge in [-0.15, -0.1) is 6.58 Å². The first kappa shape index (κ1) is 24.0. The Kier molecular flexibility index (Phi) is 6.19. The molecule has 2 unspecified atom stereocenters. The van der Waals surface area contributed by atoms with Crippen LogP contribution in [0.25, 0.3) is 11.2 Å². The number of aromatic nitrogens is 4. The number of hydrogen-bond donors (Lipinski definition) is 6. The summed E-state index contributed by atoms with van der Waals surface area (Å²) in [6, 6.07) is -0.249. The van der Waals surface area contributed by atoms with Gasteiger partial charge < -0.3 is 29.9 Å². The summed E-state index contributed by atoms with van der Waals surface area (Å²) < 4.78 is 47.6. The van der Waals surface area contributed by atoms with Crippen molar-refractivity contribution in [2.75, 3.05) is 12.3 Å². The van der Waals surface area contributed by atoms with Gasteiger partial charge in [0.2, 0.25) is 5.95 Å². The zero-order chi connectivity index (χ0) is 23.2. The molecule has 2 atom stereocenters. The molecule has 1 fully saturated rings. The van der Waals surface area contributed by atoms with Gasteiger partial charge in [0, 0.05) is 11.5 Å².